The molecule has 6 heteroatoms. The first-order chi connectivity index (χ1) is 7.92. The fourth-order valence-corrected chi connectivity index (χ4v) is 3.27. The predicted molar refractivity (Wildman–Crippen MR) is 75.6 cm³/mol. The van der Waals surface area contributed by atoms with Gasteiger partial charge >= 0.3 is 0 Å². The van der Waals surface area contributed by atoms with Gasteiger partial charge in [0.25, 0.3) is 0 Å². The highest BCUT2D eigenvalue weighted by Gasteiger charge is 2.00. The molecule has 0 aliphatic carbocycles. The van der Waals surface area contributed by atoms with Gasteiger partial charge in [-0.2, -0.15) is 11.8 Å². The van der Waals surface area contributed by atoms with Gasteiger partial charge < -0.3 is 10.1 Å². The lowest BCUT2D eigenvalue weighted by Gasteiger charge is -2.08. The van der Waals surface area contributed by atoms with Crippen molar-refractivity contribution in [1.29, 1.82) is 0 Å². The zero-order chi connectivity index (χ0) is 13.1. The molecular weight excluding hydrogens is 258 g/mol. The molecule has 0 bridgehead atoms. The van der Waals surface area contributed by atoms with Crippen LogP contribution in [0.25, 0.3) is 0 Å². The molecule has 0 fully saturated rings. The number of hydrogen-bond acceptors (Lipinski definition) is 5. The minimum atomic E-state index is -2.79. The Morgan fingerprint density at radius 2 is 1.94 bits per heavy atom. The van der Waals surface area contributed by atoms with E-state index in [2.05, 4.69) is 5.32 Å². The molecule has 1 N–H and O–H groups in total. The summed E-state index contributed by atoms with van der Waals surface area (Å²) in [4.78, 5) is 0. The van der Waals surface area contributed by atoms with Gasteiger partial charge in [-0.05, 0) is 26.8 Å². The Hall–Kier alpha value is 0.220. The zero-order valence-corrected chi connectivity index (χ0v) is 12.7. The quantitative estimate of drug-likeness (QED) is 0.577. The Morgan fingerprint density at radius 1 is 1.24 bits per heavy atom. The minimum absolute atomic E-state index is 0.278. The van der Waals surface area contributed by atoms with E-state index in [0.29, 0.717) is 11.9 Å². The lowest BCUT2D eigenvalue weighted by atomic mass is 10.4. The van der Waals surface area contributed by atoms with Crippen LogP contribution < -0.4 is 5.32 Å². The molecule has 0 saturated heterocycles. The first-order valence-corrected chi connectivity index (χ1v) is 9.21. The van der Waals surface area contributed by atoms with Crippen LogP contribution in [0.2, 0.25) is 0 Å². The van der Waals surface area contributed by atoms with Crippen LogP contribution in [0.1, 0.15) is 20.3 Å². The first-order valence-electron chi connectivity index (χ1n) is 5.99. The number of thioether (sulfide) groups is 1. The third-order valence-electron chi connectivity index (χ3n) is 1.97. The predicted octanol–water partition coefficient (Wildman–Crippen LogP) is 1.17. The number of hydrogen-bond donors (Lipinski definition) is 1. The van der Waals surface area contributed by atoms with Gasteiger partial charge in [-0.1, -0.05) is 0 Å². The maximum atomic E-state index is 10.9. The van der Waals surface area contributed by atoms with Gasteiger partial charge in [0.05, 0.1) is 11.9 Å². The van der Waals surface area contributed by atoms with E-state index < -0.39 is 9.84 Å². The molecule has 0 aromatic rings. The smallest absolute Gasteiger partial charge is 0.148 e. The molecule has 0 amide bonds. The van der Waals surface area contributed by atoms with Crippen molar-refractivity contribution >= 4 is 21.6 Å². The fraction of sp³-hybridized carbons (Fsp3) is 1.00. The Bertz CT molecular complexity index is 266. The minimum Gasteiger partial charge on any atom is -0.379 e. The summed E-state index contributed by atoms with van der Waals surface area (Å²) in [6.45, 7) is 6.75. The topological polar surface area (TPSA) is 55.4 Å². The van der Waals surface area contributed by atoms with E-state index in [-0.39, 0.29) is 5.75 Å². The molecule has 0 aromatic carbocycles. The van der Waals surface area contributed by atoms with Gasteiger partial charge in [-0.15, -0.1) is 0 Å². The van der Waals surface area contributed by atoms with Crippen LogP contribution >= 0.6 is 11.8 Å². The summed E-state index contributed by atoms with van der Waals surface area (Å²) in [6.07, 6.45) is 2.61. The SMILES string of the molecule is CC(C)OCCCNCCSCCS(C)(=O)=O. The number of rotatable bonds is 11. The van der Waals surface area contributed by atoms with Crippen LogP contribution in [-0.2, 0) is 14.6 Å². The molecule has 0 spiro atoms. The van der Waals surface area contributed by atoms with Crippen LogP contribution in [0.4, 0.5) is 0 Å². The zero-order valence-electron chi connectivity index (χ0n) is 11.1. The summed E-state index contributed by atoms with van der Waals surface area (Å²) in [5.74, 6) is 1.93. The molecule has 0 aliphatic heterocycles. The number of sulfone groups is 1. The van der Waals surface area contributed by atoms with Gasteiger partial charge in [-0.3, -0.25) is 0 Å². The van der Waals surface area contributed by atoms with Gasteiger partial charge in [-0.25, -0.2) is 8.42 Å². The van der Waals surface area contributed by atoms with Crippen molar-refractivity contribution in [3.05, 3.63) is 0 Å². The lowest BCUT2D eigenvalue weighted by molar-refractivity contribution is 0.0772. The molecule has 104 valence electrons. The van der Waals surface area contributed by atoms with E-state index in [0.717, 1.165) is 31.9 Å². The number of nitrogens with one attached hydrogen (secondary N) is 1. The lowest BCUT2D eigenvalue weighted by Crippen LogP contribution is -2.20. The van der Waals surface area contributed by atoms with Gasteiger partial charge in [0.15, 0.2) is 0 Å². The monoisotopic (exact) mass is 283 g/mol. The Kier molecular flexibility index (Phi) is 10.3. The Morgan fingerprint density at radius 3 is 2.53 bits per heavy atom. The van der Waals surface area contributed by atoms with Crippen molar-refractivity contribution in [2.45, 2.75) is 26.4 Å². The standard InChI is InChI=1S/C11H25NO3S2/c1-11(2)15-7-4-5-12-6-8-16-9-10-17(3,13)14/h11-12H,4-10H2,1-3H3. The van der Waals surface area contributed by atoms with E-state index in [4.69, 9.17) is 4.74 Å². The summed E-state index contributed by atoms with van der Waals surface area (Å²) < 4.78 is 27.1. The number of ether oxygens (including phenoxy) is 1. The van der Waals surface area contributed by atoms with Crippen LogP contribution in [0, 0.1) is 0 Å². The van der Waals surface area contributed by atoms with E-state index in [1.165, 1.54) is 6.26 Å². The highest BCUT2D eigenvalue weighted by Crippen LogP contribution is 1.99. The van der Waals surface area contributed by atoms with Crippen molar-refractivity contribution in [3.8, 4) is 0 Å². The summed E-state index contributed by atoms with van der Waals surface area (Å²) in [6, 6.07) is 0. The third kappa shape index (κ3) is 16.2. The molecule has 0 aromatic heterocycles. The molecule has 0 aliphatic rings. The maximum absolute atomic E-state index is 10.9. The Balaban J connectivity index is 3.09. The first kappa shape index (κ1) is 17.2. The maximum Gasteiger partial charge on any atom is 0.148 e. The molecule has 0 heterocycles. The van der Waals surface area contributed by atoms with Crippen molar-refractivity contribution in [2.24, 2.45) is 0 Å². The van der Waals surface area contributed by atoms with Crippen molar-refractivity contribution in [2.75, 3.05) is 43.2 Å². The van der Waals surface area contributed by atoms with Crippen molar-refractivity contribution in [1.82, 2.24) is 5.32 Å². The third-order valence-corrected chi connectivity index (χ3v) is 4.16. The summed E-state index contributed by atoms with van der Waals surface area (Å²) in [7, 11) is -2.79. The van der Waals surface area contributed by atoms with Crippen molar-refractivity contribution < 1.29 is 13.2 Å². The fourth-order valence-electron chi connectivity index (χ4n) is 1.10. The van der Waals surface area contributed by atoms with E-state index in [9.17, 15) is 8.42 Å². The summed E-state index contributed by atoms with van der Waals surface area (Å²) >= 11 is 1.68. The second-order valence-electron chi connectivity index (χ2n) is 4.27. The largest absolute Gasteiger partial charge is 0.379 e. The second kappa shape index (κ2) is 10.2. The van der Waals surface area contributed by atoms with E-state index >= 15 is 0 Å². The molecular formula is C11H25NO3S2. The van der Waals surface area contributed by atoms with Gasteiger partial charge in [0, 0.05) is 30.9 Å². The molecule has 0 unspecified atom stereocenters. The molecule has 0 radical (unpaired) electrons. The summed E-state index contributed by atoms with van der Waals surface area (Å²) in [5, 5.41) is 3.31. The highest BCUT2D eigenvalue weighted by molar-refractivity contribution is 8.00. The average Bonchev–Trinajstić information content (AvgIpc) is 2.18. The van der Waals surface area contributed by atoms with Gasteiger partial charge in [0.1, 0.15) is 9.84 Å². The average molecular weight is 283 g/mol. The molecule has 17 heavy (non-hydrogen) atoms. The van der Waals surface area contributed by atoms with Gasteiger partial charge in [0.2, 0.25) is 0 Å². The summed E-state index contributed by atoms with van der Waals surface area (Å²) in [5.41, 5.74) is 0. The normalized spacial score (nSPS) is 12.2. The Labute approximate surface area is 110 Å². The van der Waals surface area contributed by atoms with Crippen LogP contribution in [0.3, 0.4) is 0 Å². The van der Waals surface area contributed by atoms with Crippen LogP contribution in [0.15, 0.2) is 0 Å². The second-order valence-corrected chi connectivity index (χ2v) is 7.75. The molecule has 0 saturated carbocycles. The van der Waals surface area contributed by atoms with Crippen LogP contribution in [-0.4, -0.2) is 57.7 Å². The van der Waals surface area contributed by atoms with Crippen molar-refractivity contribution in [3.63, 3.8) is 0 Å². The van der Waals surface area contributed by atoms with E-state index in [1.807, 2.05) is 13.8 Å². The molecule has 0 rings (SSSR count). The van der Waals surface area contributed by atoms with Crippen LogP contribution in [0.5, 0.6) is 0 Å². The highest BCUT2D eigenvalue weighted by atomic mass is 32.2. The molecule has 4 nitrogen and oxygen atoms in total. The van der Waals surface area contributed by atoms with E-state index in [1.54, 1.807) is 11.8 Å². The molecule has 0 atom stereocenters.